The van der Waals surface area contributed by atoms with Gasteiger partial charge in [-0.25, -0.2) is 4.39 Å². The molecule has 0 saturated carbocycles. The Morgan fingerprint density at radius 1 is 1.12 bits per heavy atom. The summed E-state index contributed by atoms with van der Waals surface area (Å²) in [4.78, 5) is 13.4. The molecule has 1 aromatic heterocycles. The molecule has 128 valence electrons. The number of halogens is 2. The lowest BCUT2D eigenvalue weighted by Crippen LogP contribution is -2.33. The smallest absolute Gasteiger partial charge is 0.240 e. The molecule has 2 N–H and O–H groups in total. The second kappa shape index (κ2) is 8.14. The first kappa shape index (κ1) is 17.5. The van der Waals surface area contributed by atoms with Gasteiger partial charge in [0.05, 0.1) is 23.3 Å². The molecular weight excluding hydrogens is 359 g/mol. The van der Waals surface area contributed by atoms with Gasteiger partial charge in [-0.3, -0.25) is 4.79 Å². The van der Waals surface area contributed by atoms with Gasteiger partial charge in [-0.05, 0) is 35.2 Å². The maximum absolute atomic E-state index is 13.1. The van der Waals surface area contributed by atoms with Crippen LogP contribution in [0.5, 0.6) is 0 Å². The van der Waals surface area contributed by atoms with Crippen LogP contribution in [-0.2, 0) is 4.79 Å². The average molecular weight is 375 g/mol. The normalized spacial score (nSPS) is 11.8. The zero-order valence-corrected chi connectivity index (χ0v) is 14.8. The Morgan fingerprint density at radius 3 is 2.60 bits per heavy atom. The Labute approximate surface area is 154 Å². The third-order valence-corrected chi connectivity index (χ3v) is 4.89. The van der Waals surface area contributed by atoms with Crippen LogP contribution in [0.2, 0.25) is 5.02 Å². The summed E-state index contributed by atoms with van der Waals surface area (Å²) < 4.78 is 13.1. The van der Waals surface area contributed by atoms with Crippen molar-refractivity contribution in [1.29, 1.82) is 0 Å². The first-order valence-corrected chi connectivity index (χ1v) is 8.96. The summed E-state index contributed by atoms with van der Waals surface area (Å²) in [5.74, 6) is -0.593. The Hall–Kier alpha value is -2.37. The highest BCUT2D eigenvalue weighted by atomic mass is 35.5. The van der Waals surface area contributed by atoms with Crippen molar-refractivity contribution >= 4 is 34.5 Å². The molecular formula is C19H16ClFN2OS. The van der Waals surface area contributed by atoms with E-state index in [4.69, 9.17) is 11.6 Å². The second-order valence-corrected chi connectivity index (χ2v) is 6.79. The summed E-state index contributed by atoms with van der Waals surface area (Å²) in [6.45, 7) is 0.0417. The molecule has 0 bridgehead atoms. The summed E-state index contributed by atoms with van der Waals surface area (Å²) in [5.41, 5.74) is 1.53. The minimum atomic E-state index is -0.415. The van der Waals surface area contributed by atoms with E-state index in [0.717, 1.165) is 10.4 Å². The quantitative estimate of drug-likeness (QED) is 0.647. The standard InChI is InChI=1S/C19H16ClFN2OS/c20-15-11-14(21)8-9-16(15)22-12-18(24)23-19(17-7-4-10-25-17)13-5-2-1-3-6-13/h1-11,19,22H,12H2,(H,23,24)/t19-/m1/s1. The largest absolute Gasteiger partial charge is 0.375 e. The van der Waals surface area contributed by atoms with Crippen molar-refractivity contribution in [1.82, 2.24) is 5.32 Å². The molecule has 0 radical (unpaired) electrons. The molecule has 0 fully saturated rings. The molecule has 0 unspecified atom stereocenters. The highest BCUT2D eigenvalue weighted by Gasteiger charge is 2.17. The highest BCUT2D eigenvalue weighted by molar-refractivity contribution is 7.10. The van der Waals surface area contributed by atoms with E-state index < -0.39 is 5.82 Å². The van der Waals surface area contributed by atoms with Gasteiger partial charge in [-0.15, -0.1) is 11.3 Å². The number of thiophene rings is 1. The number of benzene rings is 2. The van der Waals surface area contributed by atoms with Crippen LogP contribution in [-0.4, -0.2) is 12.5 Å². The van der Waals surface area contributed by atoms with Gasteiger partial charge >= 0.3 is 0 Å². The number of carbonyl (C=O) groups is 1. The molecule has 0 spiro atoms. The van der Waals surface area contributed by atoms with E-state index in [9.17, 15) is 9.18 Å². The van der Waals surface area contributed by atoms with Gasteiger partial charge in [-0.1, -0.05) is 48.0 Å². The van der Waals surface area contributed by atoms with Crippen LogP contribution >= 0.6 is 22.9 Å². The number of hydrogen-bond donors (Lipinski definition) is 2. The molecule has 3 nitrogen and oxygen atoms in total. The molecule has 3 rings (SSSR count). The summed E-state index contributed by atoms with van der Waals surface area (Å²) >= 11 is 7.55. The van der Waals surface area contributed by atoms with Crippen LogP contribution in [0.25, 0.3) is 0 Å². The zero-order chi connectivity index (χ0) is 17.6. The van der Waals surface area contributed by atoms with Gasteiger partial charge in [0.2, 0.25) is 5.91 Å². The van der Waals surface area contributed by atoms with E-state index in [1.54, 1.807) is 11.3 Å². The number of anilines is 1. The van der Waals surface area contributed by atoms with Crippen molar-refractivity contribution < 1.29 is 9.18 Å². The number of amides is 1. The van der Waals surface area contributed by atoms with Gasteiger partial charge < -0.3 is 10.6 Å². The molecule has 1 heterocycles. The molecule has 0 aliphatic rings. The Kier molecular flexibility index (Phi) is 5.68. The molecule has 0 aliphatic carbocycles. The molecule has 6 heteroatoms. The van der Waals surface area contributed by atoms with Crippen molar-refractivity contribution in [3.63, 3.8) is 0 Å². The minimum Gasteiger partial charge on any atom is -0.375 e. The molecule has 1 atom stereocenters. The van der Waals surface area contributed by atoms with Crippen LogP contribution in [0, 0.1) is 5.82 Å². The van der Waals surface area contributed by atoms with E-state index in [0.29, 0.717) is 5.69 Å². The molecule has 25 heavy (non-hydrogen) atoms. The van der Waals surface area contributed by atoms with E-state index in [-0.39, 0.29) is 23.5 Å². The lowest BCUT2D eigenvalue weighted by atomic mass is 10.1. The fourth-order valence-corrected chi connectivity index (χ4v) is 3.48. The van der Waals surface area contributed by atoms with Crippen LogP contribution in [0.3, 0.4) is 0 Å². The predicted molar refractivity (Wildman–Crippen MR) is 101 cm³/mol. The molecule has 1 amide bonds. The third-order valence-electron chi connectivity index (χ3n) is 3.64. The lowest BCUT2D eigenvalue weighted by molar-refractivity contribution is -0.119. The molecule has 3 aromatic rings. The summed E-state index contributed by atoms with van der Waals surface area (Å²) in [7, 11) is 0. The van der Waals surface area contributed by atoms with Crippen LogP contribution in [0.1, 0.15) is 16.5 Å². The van der Waals surface area contributed by atoms with Crippen molar-refractivity contribution in [2.75, 3.05) is 11.9 Å². The molecule has 0 saturated heterocycles. The van der Waals surface area contributed by atoms with Gasteiger partial charge in [0.25, 0.3) is 0 Å². The highest BCUT2D eigenvalue weighted by Crippen LogP contribution is 2.26. The first-order valence-electron chi connectivity index (χ1n) is 7.70. The average Bonchev–Trinajstić information content (AvgIpc) is 3.14. The maximum Gasteiger partial charge on any atom is 0.240 e. The van der Waals surface area contributed by atoms with Crippen molar-refractivity contribution in [2.45, 2.75) is 6.04 Å². The van der Waals surface area contributed by atoms with E-state index in [1.165, 1.54) is 18.2 Å². The Morgan fingerprint density at radius 2 is 1.92 bits per heavy atom. The van der Waals surface area contributed by atoms with Crippen molar-refractivity contribution in [3.8, 4) is 0 Å². The van der Waals surface area contributed by atoms with Gasteiger partial charge in [-0.2, -0.15) is 0 Å². The fourth-order valence-electron chi connectivity index (χ4n) is 2.44. The number of carbonyl (C=O) groups excluding carboxylic acids is 1. The zero-order valence-electron chi connectivity index (χ0n) is 13.2. The van der Waals surface area contributed by atoms with E-state index in [1.807, 2.05) is 47.8 Å². The monoisotopic (exact) mass is 374 g/mol. The number of hydrogen-bond acceptors (Lipinski definition) is 3. The second-order valence-electron chi connectivity index (χ2n) is 5.40. The lowest BCUT2D eigenvalue weighted by Gasteiger charge is -2.18. The van der Waals surface area contributed by atoms with Crippen molar-refractivity contribution in [3.05, 3.63) is 87.3 Å². The van der Waals surface area contributed by atoms with E-state index in [2.05, 4.69) is 10.6 Å². The van der Waals surface area contributed by atoms with Gasteiger partial charge in [0.15, 0.2) is 0 Å². The maximum atomic E-state index is 13.1. The molecule has 2 aromatic carbocycles. The SMILES string of the molecule is O=C(CNc1ccc(F)cc1Cl)N[C@H](c1ccccc1)c1cccs1. The number of rotatable bonds is 6. The summed E-state index contributed by atoms with van der Waals surface area (Å²) in [6.07, 6.45) is 0. The van der Waals surface area contributed by atoms with E-state index >= 15 is 0 Å². The number of nitrogens with one attached hydrogen (secondary N) is 2. The predicted octanol–water partition coefficient (Wildman–Crippen LogP) is 4.86. The van der Waals surface area contributed by atoms with Crippen molar-refractivity contribution in [2.24, 2.45) is 0 Å². The topological polar surface area (TPSA) is 41.1 Å². The Bertz CT molecular complexity index is 840. The van der Waals surface area contributed by atoms with Gasteiger partial charge in [0, 0.05) is 4.88 Å². The summed E-state index contributed by atoms with van der Waals surface area (Å²) in [5, 5.41) is 8.18. The first-order chi connectivity index (χ1) is 12.1. The third kappa shape index (κ3) is 4.59. The fraction of sp³-hybridized carbons (Fsp3) is 0.105. The Balaban J connectivity index is 1.68. The summed E-state index contributed by atoms with van der Waals surface area (Å²) in [6, 6.07) is 17.5. The minimum absolute atomic E-state index is 0.0417. The molecule has 0 aliphatic heterocycles. The van der Waals surface area contributed by atoms with Crippen LogP contribution < -0.4 is 10.6 Å². The van der Waals surface area contributed by atoms with Crippen LogP contribution in [0.15, 0.2) is 66.0 Å². The van der Waals surface area contributed by atoms with Crippen LogP contribution in [0.4, 0.5) is 10.1 Å². The van der Waals surface area contributed by atoms with Gasteiger partial charge in [0.1, 0.15) is 5.82 Å².